The lowest BCUT2D eigenvalue weighted by Gasteiger charge is -2.24. The third kappa shape index (κ3) is 6.03. The molecule has 1 atom stereocenters. The summed E-state index contributed by atoms with van der Waals surface area (Å²) in [4.78, 5) is 13.5. The highest BCUT2D eigenvalue weighted by Gasteiger charge is 2.24. The Morgan fingerprint density at radius 1 is 1.18 bits per heavy atom. The molecule has 0 aromatic carbocycles. The number of carbonyl (C=O) groups is 1. The maximum atomic E-state index is 11.2. The number of nitrogens with one attached hydrogen (secondary N) is 1. The van der Waals surface area contributed by atoms with E-state index >= 15 is 0 Å². The molecule has 0 bridgehead atoms. The van der Waals surface area contributed by atoms with E-state index in [-0.39, 0.29) is 5.92 Å². The van der Waals surface area contributed by atoms with Gasteiger partial charge < -0.3 is 15.3 Å². The molecule has 0 aliphatic heterocycles. The van der Waals surface area contributed by atoms with Crippen LogP contribution in [0.2, 0.25) is 0 Å². The molecule has 0 spiro atoms. The molecular weight excluding hydrogens is 216 g/mol. The molecule has 2 N–H and O–H groups in total. The minimum Gasteiger partial charge on any atom is -0.480 e. The first-order valence-corrected chi connectivity index (χ1v) is 6.79. The fourth-order valence-corrected chi connectivity index (χ4v) is 2.13. The van der Waals surface area contributed by atoms with Gasteiger partial charge in [0.2, 0.25) is 0 Å². The lowest BCUT2D eigenvalue weighted by Crippen LogP contribution is -2.45. The molecule has 0 aromatic heterocycles. The summed E-state index contributed by atoms with van der Waals surface area (Å²) < 4.78 is 0. The zero-order valence-corrected chi connectivity index (χ0v) is 11.7. The van der Waals surface area contributed by atoms with Gasteiger partial charge in [-0.05, 0) is 19.0 Å². The highest BCUT2D eigenvalue weighted by Crippen LogP contribution is 2.13. The average molecular weight is 244 g/mol. The van der Waals surface area contributed by atoms with Gasteiger partial charge in [-0.15, -0.1) is 0 Å². The molecule has 0 radical (unpaired) electrons. The van der Waals surface area contributed by atoms with Crippen molar-refractivity contribution in [2.45, 2.75) is 46.6 Å². The molecule has 102 valence electrons. The molecular formula is C13H28N2O2. The van der Waals surface area contributed by atoms with Gasteiger partial charge in [0.1, 0.15) is 6.04 Å². The molecule has 4 heteroatoms. The fraction of sp³-hybridized carbons (Fsp3) is 0.923. The molecule has 17 heavy (non-hydrogen) atoms. The largest absolute Gasteiger partial charge is 0.480 e. The Morgan fingerprint density at radius 2 is 1.71 bits per heavy atom. The van der Waals surface area contributed by atoms with Gasteiger partial charge >= 0.3 is 5.97 Å². The predicted octanol–water partition coefficient (Wildman–Crippen LogP) is 1.81. The van der Waals surface area contributed by atoms with Gasteiger partial charge in [-0.25, -0.2) is 0 Å². The third-order valence-corrected chi connectivity index (χ3v) is 3.47. The van der Waals surface area contributed by atoms with Crippen LogP contribution in [0, 0.1) is 5.92 Å². The predicted molar refractivity (Wildman–Crippen MR) is 71.3 cm³/mol. The summed E-state index contributed by atoms with van der Waals surface area (Å²) in [6, 6.07) is -0.402. The second-order valence-electron chi connectivity index (χ2n) is 4.37. The molecule has 0 amide bonds. The van der Waals surface area contributed by atoms with Crippen molar-refractivity contribution in [3.63, 3.8) is 0 Å². The van der Waals surface area contributed by atoms with E-state index < -0.39 is 12.0 Å². The number of carboxylic acids is 1. The summed E-state index contributed by atoms with van der Waals surface area (Å²) in [7, 11) is 0. The minimum atomic E-state index is -0.724. The summed E-state index contributed by atoms with van der Waals surface area (Å²) in [5.41, 5.74) is 0. The van der Waals surface area contributed by atoms with Gasteiger partial charge in [0.05, 0.1) is 0 Å². The van der Waals surface area contributed by atoms with Gasteiger partial charge in [-0.3, -0.25) is 4.79 Å². The van der Waals surface area contributed by atoms with Crippen LogP contribution in [0.3, 0.4) is 0 Å². The Labute approximate surface area is 105 Å². The van der Waals surface area contributed by atoms with Crippen LogP contribution < -0.4 is 5.32 Å². The molecule has 4 nitrogen and oxygen atoms in total. The van der Waals surface area contributed by atoms with Crippen molar-refractivity contribution in [2.75, 3.05) is 26.2 Å². The van der Waals surface area contributed by atoms with E-state index in [0.29, 0.717) is 0 Å². The number of hydrogen-bond acceptors (Lipinski definition) is 3. The van der Waals surface area contributed by atoms with Crippen LogP contribution in [0.15, 0.2) is 0 Å². The first kappa shape index (κ1) is 16.4. The average Bonchev–Trinajstić information content (AvgIpc) is 2.33. The first-order valence-electron chi connectivity index (χ1n) is 6.79. The van der Waals surface area contributed by atoms with Crippen LogP contribution in [0.5, 0.6) is 0 Å². The van der Waals surface area contributed by atoms with Crippen molar-refractivity contribution in [1.82, 2.24) is 10.2 Å². The van der Waals surface area contributed by atoms with E-state index in [0.717, 1.165) is 39.0 Å². The Morgan fingerprint density at radius 3 is 2.06 bits per heavy atom. The summed E-state index contributed by atoms with van der Waals surface area (Å²) in [6.07, 6.45) is 1.82. The SMILES string of the molecule is CCC(CC)C(NCCN(CC)CC)C(=O)O. The van der Waals surface area contributed by atoms with Crippen molar-refractivity contribution in [3.05, 3.63) is 0 Å². The number of hydrogen-bond donors (Lipinski definition) is 2. The second-order valence-corrected chi connectivity index (χ2v) is 4.37. The normalized spacial score (nSPS) is 13.3. The zero-order chi connectivity index (χ0) is 13.3. The smallest absolute Gasteiger partial charge is 0.320 e. The zero-order valence-electron chi connectivity index (χ0n) is 11.7. The highest BCUT2D eigenvalue weighted by molar-refractivity contribution is 5.73. The van der Waals surface area contributed by atoms with E-state index in [9.17, 15) is 9.90 Å². The van der Waals surface area contributed by atoms with Crippen molar-refractivity contribution in [3.8, 4) is 0 Å². The molecule has 0 aliphatic carbocycles. The standard InChI is InChI=1S/C13H28N2O2/c1-5-11(6-2)12(13(16)17)14-9-10-15(7-3)8-4/h11-12,14H,5-10H2,1-4H3,(H,16,17). The van der Waals surface area contributed by atoms with Crippen molar-refractivity contribution in [1.29, 1.82) is 0 Å². The molecule has 0 aliphatic rings. The lowest BCUT2D eigenvalue weighted by atomic mass is 9.94. The second kappa shape index (κ2) is 9.42. The molecule has 1 unspecified atom stereocenters. The summed E-state index contributed by atoms with van der Waals surface area (Å²) in [6.45, 7) is 12.0. The quantitative estimate of drug-likeness (QED) is 0.615. The first-order chi connectivity index (χ1) is 8.10. The molecule has 0 rings (SSSR count). The van der Waals surface area contributed by atoms with Gasteiger partial charge in [-0.2, -0.15) is 0 Å². The summed E-state index contributed by atoms with van der Waals surface area (Å²) in [5.74, 6) is -0.498. The van der Waals surface area contributed by atoms with Crippen molar-refractivity contribution < 1.29 is 9.90 Å². The van der Waals surface area contributed by atoms with E-state index in [1.807, 2.05) is 0 Å². The monoisotopic (exact) mass is 244 g/mol. The van der Waals surface area contributed by atoms with Gasteiger partial charge in [0.25, 0.3) is 0 Å². The molecule has 0 saturated carbocycles. The number of likely N-dealkylation sites (N-methyl/N-ethyl adjacent to an activating group) is 1. The summed E-state index contributed by atoms with van der Waals surface area (Å²) >= 11 is 0. The maximum Gasteiger partial charge on any atom is 0.320 e. The topological polar surface area (TPSA) is 52.6 Å². The van der Waals surface area contributed by atoms with Gasteiger partial charge in [0.15, 0.2) is 0 Å². The Hall–Kier alpha value is -0.610. The third-order valence-electron chi connectivity index (χ3n) is 3.47. The van der Waals surface area contributed by atoms with E-state index in [4.69, 9.17) is 0 Å². The summed E-state index contributed by atoms with van der Waals surface area (Å²) in [5, 5.41) is 12.4. The number of nitrogens with zero attached hydrogens (tertiary/aromatic N) is 1. The highest BCUT2D eigenvalue weighted by atomic mass is 16.4. The Bertz CT molecular complexity index is 202. The van der Waals surface area contributed by atoms with Gasteiger partial charge in [0, 0.05) is 13.1 Å². The molecule has 0 fully saturated rings. The van der Waals surface area contributed by atoms with Crippen LogP contribution in [0.25, 0.3) is 0 Å². The minimum absolute atomic E-state index is 0.226. The van der Waals surface area contributed by atoms with Crippen LogP contribution in [0.1, 0.15) is 40.5 Å². The molecule has 0 heterocycles. The van der Waals surface area contributed by atoms with Crippen LogP contribution in [0.4, 0.5) is 0 Å². The van der Waals surface area contributed by atoms with Gasteiger partial charge in [-0.1, -0.05) is 40.5 Å². The Balaban J connectivity index is 4.13. The van der Waals surface area contributed by atoms with Crippen LogP contribution in [-0.2, 0) is 4.79 Å². The van der Waals surface area contributed by atoms with Crippen molar-refractivity contribution in [2.24, 2.45) is 5.92 Å². The van der Waals surface area contributed by atoms with Crippen LogP contribution >= 0.6 is 0 Å². The molecule has 0 saturated heterocycles. The Kier molecular flexibility index (Phi) is 9.09. The van der Waals surface area contributed by atoms with E-state index in [1.165, 1.54) is 0 Å². The maximum absolute atomic E-state index is 11.2. The van der Waals surface area contributed by atoms with Crippen molar-refractivity contribution >= 4 is 5.97 Å². The van der Waals surface area contributed by atoms with Crippen LogP contribution in [-0.4, -0.2) is 48.2 Å². The van der Waals surface area contributed by atoms with E-state index in [1.54, 1.807) is 0 Å². The number of aliphatic carboxylic acids is 1. The lowest BCUT2D eigenvalue weighted by molar-refractivity contribution is -0.141. The number of rotatable bonds is 10. The number of carboxylic acid groups (broad SMARTS) is 1. The van der Waals surface area contributed by atoms with E-state index in [2.05, 4.69) is 37.9 Å². The fourth-order valence-electron chi connectivity index (χ4n) is 2.13. The molecule has 0 aromatic rings.